The Morgan fingerprint density at radius 1 is 0.919 bits per heavy atom. The van der Waals surface area contributed by atoms with Gasteiger partial charge in [-0.3, -0.25) is 4.79 Å². The van der Waals surface area contributed by atoms with Gasteiger partial charge in [0.2, 0.25) is 5.82 Å². The first-order valence-corrected chi connectivity index (χ1v) is 13.8. The molecule has 6 nitrogen and oxygen atoms in total. The molecule has 0 aliphatic heterocycles. The highest BCUT2D eigenvalue weighted by Gasteiger charge is 2.47. The number of benzene rings is 2. The van der Waals surface area contributed by atoms with E-state index in [-0.39, 0.29) is 11.4 Å². The van der Waals surface area contributed by atoms with Crippen LogP contribution in [0.4, 0.5) is 10.1 Å². The largest absolute Gasteiger partial charge is 0.322 e. The van der Waals surface area contributed by atoms with Gasteiger partial charge in [-0.15, -0.1) is 10.2 Å². The maximum absolute atomic E-state index is 16.7. The second-order valence-corrected chi connectivity index (χ2v) is 10.1. The highest BCUT2D eigenvalue weighted by Crippen LogP contribution is 2.34. The number of tetrazole rings is 1. The fraction of sp³-hybridized carbons (Fsp3) is 0.533. The van der Waals surface area contributed by atoms with E-state index in [4.69, 9.17) is 0 Å². The molecule has 0 saturated carbocycles. The van der Waals surface area contributed by atoms with Gasteiger partial charge in [0.25, 0.3) is 11.6 Å². The van der Waals surface area contributed by atoms with Crippen molar-refractivity contribution >= 4 is 11.6 Å². The van der Waals surface area contributed by atoms with Crippen LogP contribution in [0.2, 0.25) is 0 Å². The van der Waals surface area contributed by atoms with Gasteiger partial charge in [-0.2, -0.15) is 4.80 Å². The van der Waals surface area contributed by atoms with E-state index in [1.807, 2.05) is 32.9 Å². The maximum Gasteiger partial charge on any atom is 0.276 e. The summed E-state index contributed by atoms with van der Waals surface area (Å²) in [4.78, 5) is 14.9. The summed E-state index contributed by atoms with van der Waals surface area (Å²) in [7, 11) is 0. The van der Waals surface area contributed by atoms with Crippen molar-refractivity contribution in [2.24, 2.45) is 0 Å². The molecule has 1 atom stereocenters. The van der Waals surface area contributed by atoms with Gasteiger partial charge < -0.3 is 5.32 Å². The third-order valence-electron chi connectivity index (χ3n) is 7.02. The number of nitrogens with one attached hydrogen (secondary N) is 1. The molecule has 1 heterocycles. The highest BCUT2D eigenvalue weighted by molar-refractivity contribution is 6.00. The average molecular weight is 508 g/mol. The van der Waals surface area contributed by atoms with Crippen LogP contribution in [0.5, 0.6) is 0 Å². The Hall–Kier alpha value is -3.09. The second kappa shape index (κ2) is 14.0. The summed E-state index contributed by atoms with van der Waals surface area (Å²) < 4.78 is 16.7. The molecule has 37 heavy (non-hydrogen) atoms. The van der Waals surface area contributed by atoms with Crippen LogP contribution in [0, 0.1) is 20.8 Å². The highest BCUT2D eigenvalue weighted by atomic mass is 19.1. The lowest BCUT2D eigenvalue weighted by Gasteiger charge is -2.22. The second-order valence-electron chi connectivity index (χ2n) is 10.1. The monoisotopic (exact) mass is 507 g/mol. The molecule has 0 saturated heterocycles. The van der Waals surface area contributed by atoms with Gasteiger partial charge in [0, 0.05) is 11.3 Å². The zero-order chi connectivity index (χ0) is 26.7. The molecule has 0 aliphatic carbocycles. The van der Waals surface area contributed by atoms with Crippen LogP contribution >= 0.6 is 0 Å². The van der Waals surface area contributed by atoms with Crippen LogP contribution in [0.15, 0.2) is 42.5 Å². The maximum atomic E-state index is 16.7. The Kier molecular flexibility index (Phi) is 10.8. The number of halogens is 1. The number of alkyl halides is 1. The summed E-state index contributed by atoms with van der Waals surface area (Å²) in [6.07, 6.45) is 12.3. The Labute approximate surface area is 221 Å². The van der Waals surface area contributed by atoms with Gasteiger partial charge in [-0.05, 0) is 55.2 Å². The Bertz CT molecular complexity index is 1130. The van der Waals surface area contributed by atoms with Gasteiger partial charge in [0.15, 0.2) is 0 Å². The van der Waals surface area contributed by atoms with Crippen molar-refractivity contribution in [3.05, 3.63) is 70.5 Å². The van der Waals surface area contributed by atoms with Crippen molar-refractivity contribution in [1.82, 2.24) is 20.2 Å². The van der Waals surface area contributed by atoms with Gasteiger partial charge in [0.05, 0.1) is 6.54 Å². The molecule has 3 rings (SSSR count). The Morgan fingerprint density at radius 2 is 1.54 bits per heavy atom. The summed E-state index contributed by atoms with van der Waals surface area (Å²) in [6.45, 7) is 8.62. The summed E-state index contributed by atoms with van der Waals surface area (Å²) in [5.74, 6) is -1.07. The van der Waals surface area contributed by atoms with E-state index in [1.54, 1.807) is 30.3 Å². The summed E-state index contributed by atoms with van der Waals surface area (Å²) >= 11 is 0. The van der Waals surface area contributed by atoms with E-state index in [0.29, 0.717) is 12.2 Å². The minimum Gasteiger partial charge on any atom is -0.322 e. The number of unbranched alkanes of at least 4 members (excludes halogenated alkanes) is 9. The van der Waals surface area contributed by atoms with Crippen molar-refractivity contribution in [3.63, 3.8) is 0 Å². The fourth-order valence-electron chi connectivity index (χ4n) is 4.62. The molecule has 1 unspecified atom stereocenters. The Morgan fingerprint density at radius 3 is 2.19 bits per heavy atom. The van der Waals surface area contributed by atoms with Gasteiger partial charge in [0.1, 0.15) is 0 Å². The first-order chi connectivity index (χ1) is 17.9. The van der Waals surface area contributed by atoms with E-state index < -0.39 is 11.6 Å². The van der Waals surface area contributed by atoms with Crippen molar-refractivity contribution < 1.29 is 9.18 Å². The molecule has 0 bridgehead atoms. The summed E-state index contributed by atoms with van der Waals surface area (Å²) in [5.41, 5.74) is 1.10. The van der Waals surface area contributed by atoms with Gasteiger partial charge in [-0.1, -0.05) is 101 Å². The zero-order valence-corrected chi connectivity index (χ0v) is 22.9. The lowest BCUT2D eigenvalue weighted by molar-refractivity contribution is -0.125. The van der Waals surface area contributed by atoms with Crippen LogP contribution in [-0.2, 0) is 17.0 Å². The number of carbonyl (C=O) groups is 1. The third kappa shape index (κ3) is 7.70. The fourth-order valence-corrected chi connectivity index (χ4v) is 4.62. The van der Waals surface area contributed by atoms with Crippen LogP contribution < -0.4 is 5.32 Å². The quantitative estimate of drug-likeness (QED) is 0.218. The zero-order valence-electron chi connectivity index (χ0n) is 22.9. The number of anilines is 1. The van der Waals surface area contributed by atoms with Crippen molar-refractivity contribution in [1.29, 1.82) is 0 Å². The number of hydrogen-bond donors (Lipinski definition) is 1. The third-order valence-corrected chi connectivity index (χ3v) is 7.02. The van der Waals surface area contributed by atoms with Crippen molar-refractivity contribution in [2.75, 3.05) is 5.32 Å². The SMILES string of the molecule is CCCCCCCCCCCCn1nnc(C(F)(C(=O)Nc2cc(C)cc(C)c2C)c2ccccc2)n1. The first-order valence-electron chi connectivity index (χ1n) is 13.8. The molecule has 0 radical (unpaired) electrons. The Balaban J connectivity index is 1.64. The summed E-state index contributed by atoms with van der Waals surface area (Å²) in [6, 6.07) is 12.2. The van der Waals surface area contributed by atoms with Crippen LogP contribution in [0.3, 0.4) is 0 Å². The topological polar surface area (TPSA) is 72.7 Å². The van der Waals surface area contributed by atoms with Crippen molar-refractivity contribution in [3.8, 4) is 0 Å². The molecule has 1 N–H and O–H groups in total. The first kappa shape index (κ1) is 28.5. The van der Waals surface area contributed by atoms with Crippen LogP contribution in [0.25, 0.3) is 0 Å². The lowest BCUT2D eigenvalue weighted by atomic mass is 9.93. The number of nitrogens with zero attached hydrogens (tertiary/aromatic N) is 4. The lowest BCUT2D eigenvalue weighted by Crippen LogP contribution is -2.39. The molecule has 0 aliphatic rings. The number of amides is 1. The molecular formula is C30H42FN5O. The predicted molar refractivity (Wildman–Crippen MR) is 147 cm³/mol. The molecule has 7 heteroatoms. The van der Waals surface area contributed by atoms with E-state index in [1.165, 1.54) is 56.2 Å². The molecule has 200 valence electrons. The molecule has 1 aromatic heterocycles. The van der Waals surface area contributed by atoms with E-state index >= 15 is 4.39 Å². The summed E-state index contributed by atoms with van der Waals surface area (Å²) in [5, 5.41) is 15.2. The number of carbonyl (C=O) groups excluding carboxylic acids is 1. The predicted octanol–water partition coefficient (Wildman–Crippen LogP) is 7.37. The van der Waals surface area contributed by atoms with Crippen LogP contribution in [-0.4, -0.2) is 26.1 Å². The van der Waals surface area contributed by atoms with E-state index in [9.17, 15) is 4.79 Å². The molecule has 2 aromatic carbocycles. The average Bonchev–Trinajstić information content (AvgIpc) is 3.37. The minimum atomic E-state index is -2.57. The van der Waals surface area contributed by atoms with Crippen LogP contribution in [0.1, 0.15) is 99.2 Å². The van der Waals surface area contributed by atoms with E-state index in [0.717, 1.165) is 29.5 Å². The van der Waals surface area contributed by atoms with E-state index in [2.05, 4.69) is 27.7 Å². The molecule has 1 amide bonds. The number of aromatic nitrogens is 4. The smallest absolute Gasteiger partial charge is 0.276 e. The molecule has 0 fully saturated rings. The van der Waals surface area contributed by atoms with Gasteiger partial charge >= 0.3 is 0 Å². The normalized spacial score (nSPS) is 12.9. The molecule has 0 spiro atoms. The molecular weight excluding hydrogens is 465 g/mol. The minimum absolute atomic E-state index is 0.174. The van der Waals surface area contributed by atoms with Crippen molar-refractivity contribution in [2.45, 2.75) is 104 Å². The number of aryl methyl sites for hydroxylation is 3. The standard InChI is InChI=1S/C30H42FN5O/c1-5-6-7-8-9-10-11-12-13-17-20-36-34-28(33-35-36)30(31,26-18-15-14-16-19-26)29(37)32-27-22-23(2)21-24(3)25(27)4/h14-16,18-19,21-22H,5-13,17,20H2,1-4H3,(H,32,37). The number of hydrogen-bond acceptors (Lipinski definition) is 4. The molecule has 3 aromatic rings. The number of rotatable bonds is 15. The van der Waals surface area contributed by atoms with Gasteiger partial charge in [-0.25, -0.2) is 4.39 Å².